The Morgan fingerprint density at radius 1 is 1.07 bits per heavy atom. The number of halogens is 2. The zero-order valence-corrected chi connectivity index (χ0v) is 26.1. The minimum Gasteiger partial charge on any atom is -0.469 e. The van der Waals surface area contributed by atoms with Crippen molar-refractivity contribution in [3.63, 3.8) is 0 Å². The number of unbranched alkanes of at least 4 members (excludes halogenated alkanes) is 1. The molecule has 1 saturated carbocycles. The fraction of sp³-hybridized carbons (Fsp3) is 0.781. The average Bonchev–Trinajstić information content (AvgIpc) is 3.25. The van der Waals surface area contributed by atoms with Crippen LogP contribution in [0.5, 0.6) is 0 Å². The first-order valence-corrected chi connectivity index (χ1v) is 16.1. The Labute approximate surface area is 251 Å². The summed E-state index contributed by atoms with van der Waals surface area (Å²) in [5.74, 6) is 0.443. The van der Waals surface area contributed by atoms with E-state index in [9.17, 15) is 4.79 Å². The molecule has 3 aliphatic rings. The maximum absolute atomic E-state index is 11.4. The van der Waals surface area contributed by atoms with Gasteiger partial charge in [0.2, 0.25) is 0 Å². The second-order valence-corrected chi connectivity index (χ2v) is 12.6. The van der Waals surface area contributed by atoms with Gasteiger partial charge in [0, 0.05) is 36.0 Å². The first kappa shape index (κ1) is 33.6. The van der Waals surface area contributed by atoms with Crippen LogP contribution in [-0.4, -0.2) is 56.5 Å². The number of carbonyl (C=O) groups excluding carboxylic acids is 1. The number of rotatable bonds is 15. The van der Waals surface area contributed by atoms with E-state index in [2.05, 4.69) is 37.3 Å². The normalized spacial score (nSPS) is 31.6. The molecule has 2 aliphatic heterocycles. The topological polar surface area (TPSA) is 63.2 Å². The average molecular weight is 602 g/mol. The fourth-order valence-electron chi connectivity index (χ4n) is 5.72. The highest BCUT2D eigenvalue weighted by Crippen LogP contribution is 2.42. The number of hydrogen-bond donors (Lipinski definition) is 0. The monoisotopic (exact) mass is 600 g/mol. The van der Waals surface area contributed by atoms with E-state index < -0.39 is 0 Å². The number of ether oxygens (including phenoxy) is 5. The molecule has 3 fully saturated rings. The summed E-state index contributed by atoms with van der Waals surface area (Å²) in [6.07, 6.45) is 21.3. The lowest BCUT2D eigenvalue weighted by molar-refractivity contribution is -0.193. The van der Waals surface area contributed by atoms with Crippen LogP contribution < -0.4 is 0 Å². The van der Waals surface area contributed by atoms with Crippen LogP contribution in [-0.2, 0) is 28.5 Å². The van der Waals surface area contributed by atoms with Gasteiger partial charge in [-0.05, 0) is 89.4 Å². The van der Waals surface area contributed by atoms with Gasteiger partial charge in [0.05, 0.1) is 19.3 Å². The van der Waals surface area contributed by atoms with E-state index in [4.69, 9.17) is 46.9 Å². The van der Waals surface area contributed by atoms with E-state index in [-0.39, 0.29) is 53.9 Å². The van der Waals surface area contributed by atoms with E-state index in [0.29, 0.717) is 6.42 Å². The summed E-state index contributed by atoms with van der Waals surface area (Å²) >= 11 is 13.1. The fourth-order valence-corrected chi connectivity index (χ4v) is 6.26. The molecule has 3 unspecified atom stereocenters. The Hall–Kier alpha value is -0.890. The molecule has 2 heterocycles. The van der Waals surface area contributed by atoms with Gasteiger partial charge in [-0.2, -0.15) is 0 Å². The van der Waals surface area contributed by atoms with Crippen molar-refractivity contribution >= 4 is 29.2 Å². The van der Waals surface area contributed by atoms with Gasteiger partial charge in [0.15, 0.2) is 12.6 Å². The maximum atomic E-state index is 11.4. The lowest BCUT2D eigenvalue weighted by atomic mass is 9.89. The molecule has 0 aromatic heterocycles. The van der Waals surface area contributed by atoms with E-state index in [1.807, 2.05) is 6.92 Å². The van der Waals surface area contributed by atoms with E-state index in [0.717, 1.165) is 88.9 Å². The minimum atomic E-state index is -0.178. The summed E-state index contributed by atoms with van der Waals surface area (Å²) in [5.41, 5.74) is 0. The van der Waals surface area contributed by atoms with Gasteiger partial charge >= 0.3 is 5.97 Å². The number of methoxy groups -OCH3 is 1. The summed E-state index contributed by atoms with van der Waals surface area (Å²) in [6.45, 7) is 5.61. The predicted molar refractivity (Wildman–Crippen MR) is 160 cm³/mol. The Kier molecular flexibility index (Phi) is 15.6. The SMILES string of the molecule is COC(=O)CCC/C=C\C[C@@H]1[C@@H](/C=C/[C@@H](OC2CCCCO2)C(C)C/C=C(/C)Cl)[C@H](OC2CCCCO2)C[C@H]1Cl. The van der Waals surface area contributed by atoms with Gasteiger partial charge in [0.1, 0.15) is 0 Å². The Bertz CT molecular complexity index is 814. The van der Waals surface area contributed by atoms with Crippen LogP contribution in [0.15, 0.2) is 35.4 Å². The third-order valence-corrected chi connectivity index (χ3v) is 8.82. The molecule has 0 spiro atoms. The summed E-state index contributed by atoms with van der Waals surface area (Å²) in [6, 6.07) is 0. The number of carbonyl (C=O) groups is 1. The molecule has 3 rings (SSSR count). The molecule has 8 heteroatoms. The highest BCUT2D eigenvalue weighted by atomic mass is 35.5. The van der Waals surface area contributed by atoms with Crippen molar-refractivity contribution < 1.29 is 28.5 Å². The Morgan fingerprint density at radius 2 is 1.80 bits per heavy atom. The van der Waals surface area contributed by atoms with Gasteiger partial charge in [0.25, 0.3) is 0 Å². The summed E-state index contributed by atoms with van der Waals surface area (Å²) in [4.78, 5) is 11.4. The number of esters is 1. The van der Waals surface area contributed by atoms with Crippen LogP contribution in [0, 0.1) is 17.8 Å². The smallest absolute Gasteiger partial charge is 0.305 e. The van der Waals surface area contributed by atoms with Crippen molar-refractivity contribution in [2.45, 2.75) is 121 Å². The third-order valence-electron chi connectivity index (χ3n) is 8.17. The molecular formula is C32H50Cl2O6. The van der Waals surface area contributed by atoms with Crippen molar-refractivity contribution in [2.75, 3.05) is 20.3 Å². The lowest BCUT2D eigenvalue weighted by Crippen LogP contribution is -2.32. The highest BCUT2D eigenvalue weighted by molar-refractivity contribution is 6.29. The largest absolute Gasteiger partial charge is 0.469 e. The number of hydrogen-bond acceptors (Lipinski definition) is 6. The van der Waals surface area contributed by atoms with Crippen LogP contribution >= 0.6 is 23.2 Å². The van der Waals surface area contributed by atoms with Gasteiger partial charge in [-0.3, -0.25) is 4.79 Å². The van der Waals surface area contributed by atoms with E-state index in [1.54, 1.807) is 0 Å². The summed E-state index contributed by atoms with van der Waals surface area (Å²) < 4.78 is 29.7. The Morgan fingerprint density at radius 3 is 2.45 bits per heavy atom. The van der Waals surface area contributed by atoms with Crippen molar-refractivity contribution in [3.8, 4) is 0 Å². The number of alkyl halides is 1. The molecular weight excluding hydrogens is 551 g/mol. The third kappa shape index (κ3) is 11.8. The van der Waals surface area contributed by atoms with Crippen LogP contribution in [0.2, 0.25) is 0 Å². The predicted octanol–water partition coefficient (Wildman–Crippen LogP) is 8.07. The first-order valence-electron chi connectivity index (χ1n) is 15.3. The zero-order chi connectivity index (χ0) is 28.7. The quantitative estimate of drug-likeness (QED) is 0.0819. The minimum absolute atomic E-state index is 0.00302. The first-order chi connectivity index (χ1) is 19.4. The molecule has 1 aliphatic carbocycles. The molecule has 2 saturated heterocycles. The molecule has 0 bridgehead atoms. The zero-order valence-electron chi connectivity index (χ0n) is 24.6. The van der Waals surface area contributed by atoms with Crippen LogP contribution in [0.1, 0.15) is 90.9 Å². The lowest BCUT2D eigenvalue weighted by Gasteiger charge is -2.31. The molecule has 228 valence electrons. The van der Waals surface area contributed by atoms with Crippen LogP contribution in [0.25, 0.3) is 0 Å². The number of allylic oxidation sites excluding steroid dienone is 4. The molecule has 0 amide bonds. The van der Waals surface area contributed by atoms with E-state index in [1.165, 1.54) is 7.11 Å². The maximum Gasteiger partial charge on any atom is 0.305 e. The van der Waals surface area contributed by atoms with Gasteiger partial charge < -0.3 is 23.7 Å². The molecule has 0 radical (unpaired) electrons. The second kappa shape index (κ2) is 18.6. The van der Waals surface area contributed by atoms with Crippen molar-refractivity contribution in [1.82, 2.24) is 0 Å². The van der Waals surface area contributed by atoms with Gasteiger partial charge in [-0.1, -0.05) is 48.9 Å². The second-order valence-electron chi connectivity index (χ2n) is 11.4. The summed E-state index contributed by atoms with van der Waals surface area (Å²) in [5, 5.41) is 0.798. The molecule has 0 N–H and O–H groups in total. The van der Waals surface area contributed by atoms with Crippen LogP contribution in [0.4, 0.5) is 0 Å². The summed E-state index contributed by atoms with van der Waals surface area (Å²) in [7, 11) is 1.43. The Balaban J connectivity index is 1.72. The van der Waals surface area contributed by atoms with Gasteiger partial charge in [-0.25, -0.2) is 0 Å². The molecule has 0 aromatic rings. The molecule has 6 nitrogen and oxygen atoms in total. The van der Waals surface area contributed by atoms with Crippen molar-refractivity contribution in [1.29, 1.82) is 0 Å². The highest BCUT2D eigenvalue weighted by Gasteiger charge is 2.42. The standard InChI is InChI=1S/C32H50Cl2O6/c1-23(16-17-24(2)33)28(39-31-14-8-10-20-37-31)19-18-26-25(12-6-4-5-7-13-30(35)36-3)27(34)22-29(26)40-32-15-9-11-21-38-32/h4,6,17-19,23,25-29,31-32H,5,7-16,20-22H2,1-3H3/b6-4-,19-18+,24-17-/t23?,25-,26-,27-,28-,29-,31?,32?/m1/s1. The van der Waals surface area contributed by atoms with Crippen molar-refractivity contribution in [3.05, 3.63) is 35.4 Å². The van der Waals surface area contributed by atoms with Crippen molar-refractivity contribution in [2.24, 2.45) is 17.8 Å². The van der Waals surface area contributed by atoms with E-state index >= 15 is 0 Å². The molecule has 8 atom stereocenters. The molecule has 0 aromatic carbocycles. The van der Waals surface area contributed by atoms with Gasteiger partial charge in [-0.15, -0.1) is 11.6 Å². The molecule has 40 heavy (non-hydrogen) atoms. The van der Waals surface area contributed by atoms with Crippen LogP contribution in [0.3, 0.4) is 0 Å².